The van der Waals surface area contributed by atoms with Crippen LogP contribution in [0.15, 0.2) is 35.8 Å². The zero-order chi connectivity index (χ0) is 14.8. The molecule has 6 nitrogen and oxygen atoms in total. The van der Waals surface area contributed by atoms with Gasteiger partial charge in [0.2, 0.25) is 0 Å². The summed E-state index contributed by atoms with van der Waals surface area (Å²) < 4.78 is 5.57. The summed E-state index contributed by atoms with van der Waals surface area (Å²) in [5.41, 5.74) is 3.72. The number of fused-ring (bicyclic) bond motifs is 1. The van der Waals surface area contributed by atoms with E-state index in [2.05, 4.69) is 20.0 Å². The molecule has 0 saturated carbocycles. The lowest BCUT2D eigenvalue weighted by Crippen LogP contribution is -2.13. The zero-order valence-corrected chi connectivity index (χ0v) is 11.9. The van der Waals surface area contributed by atoms with Gasteiger partial charge in [0.25, 0.3) is 5.91 Å². The van der Waals surface area contributed by atoms with Gasteiger partial charge in [-0.25, -0.2) is 9.78 Å². The summed E-state index contributed by atoms with van der Waals surface area (Å²) in [7, 11) is 1.31. The van der Waals surface area contributed by atoms with Gasteiger partial charge in [-0.2, -0.15) is 0 Å². The maximum absolute atomic E-state index is 12.2. The number of rotatable bonds is 3. The number of hydrogen-bond donors (Lipinski definition) is 2. The smallest absolute Gasteiger partial charge is 0.337 e. The third-order valence-corrected chi connectivity index (χ3v) is 3.69. The minimum atomic E-state index is -0.448. The van der Waals surface area contributed by atoms with Crippen LogP contribution >= 0.6 is 11.3 Å². The minimum Gasteiger partial charge on any atom is -0.465 e. The number of H-pyrrole nitrogens is 1. The second-order valence-corrected chi connectivity index (χ2v) is 5.16. The Morgan fingerprint density at radius 1 is 1.33 bits per heavy atom. The Kier molecular flexibility index (Phi) is 3.41. The number of thiazole rings is 1. The number of aromatic nitrogens is 2. The Morgan fingerprint density at radius 3 is 2.95 bits per heavy atom. The van der Waals surface area contributed by atoms with Crippen molar-refractivity contribution in [2.24, 2.45) is 0 Å². The molecule has 0 spiro atoms. The summed E-state index contributed by atoms with van der Waals surface area (Å²) in [5.74, 6) is -0.738. The molecule has 0 atom stereocenters. The van der Waals surface area contributed by atoms with Gasteiger partial charge in [-0.15, -0.1) is 11.3 Å². The summed E-state index contributed by atoms with van der Waals surface area (Å²) in [6.45, 7) is 0. The van der Waals surface area contributed by atoms with Gasteiger partial charge < -0.3 is 15.0 Å². The molecule has 3 rings (SSSR count). The highest BCUT2D eigenvalue weighted by molar-refractivity contribution is 7.16. The molecule has 0 aliphatic heterocycles. The van der Waals surface area contributed by atoms with Gasteiger partial charge in [0.05, 0.1) is 22.9 Å². The first-order valence-electron chi connectivity index (χ1n) is 6.09. The summed E-state index contributed by atoms with van der Waals surface area (Å²) in [4.78, 5) is 30.6. The van der Waals surface area contributed by atoms with Gasteiger partial charge in [0.15, 0.2) is 0 Å². The van der Waals surface area contributed by atoms with Gasteiger partial charge >= 0.3 is 5.97 Å². The van der Waals surface area contributed by atoms with Crippen LogP contribution in [-0.2, 0) is 4.74 Å². The number of nitrogens with one attached hydrogen (secondary N) is 2. The maximum atomic E-state index is 12.2. The number of benzene rings is 1. The Labute approximate surface area is 123 Å². The molecule has 3 aromatic rings. The molecule has 106 valence electrons. The number of hydrogen-bond acceptors (Lipinski definition) is 5. The van der Waals surface area contributed by atoms with E-state index in [-0.39, 0.29) is 5.91 Å². The Morgan fingerprint density at radius 2 is 2.19 bits per heavy atom. The molecule has 2 aromatic heterocycles. The first-order valence-corrected chi connectivity index (χ1v) is 6.97. The van der Waals surface area contributed by atoms with Crippen molar-refractivity contribution in [1.82, 2.24) is 9.97 Å². The van der Waals surface area contributed by atoms with Crippen molar-refractivity contribution in [1.29, 1.82) is 0 Å². The molecular weight excluding hydrogens is 290 g/mol. The van der Waals surface area contributed by atoms with Crippen LogP contribution in [-0.4, -0.2) is 29.0 Å². The molecule has 2 heterocycles. The molecule has 1 aromatic carbocycles. The summed E-state index contributed by atoms with van der Waals surface area (Å²) in [6, 6.07) is 8.31. The number of ether oxygens (including phenoxy) is 1. The Hall–Kier alpha value is -2.67. The highest BCUT2D eigenvalue weighted by Crippen LogP contribution is 2.19. The van der Waals surface area contributed by atoms with Crippen molar-refractivity contribution in [2.45, 2.75) is 0 Å². The van der Waals surface area contributed by atoms with E-state index in [1.165, 1.54) is 18.4 Å². The van der Waals surface area contributed by atoms with Crippen molar-refractivity contribution in [3.63, 3.8) is 0 Å². The van der Waals surface area contributed by atoms with Gasteiger partial charge in [-0.05, 0) is 24.3 Å². The molecule has 0 bridgehead atoms. The number of carbonyl (C=O) groups excluding carboxylic acids is 2. The highest BCUT2D eigenvalue weighted by atomic mass is 32.1. The average Bonchev–Trinajstić information content (AvgIpc) is 3.08. The molecule has 2 N–H and O–H groups in total. The van der Waals surface area contributed by atoms with Gasteiger partial charge in [0, 0.05) is 5.69 Å². The molecule has 0 unspecified atom stereocenters. The number of methoxy groups -OCH3 is 1. The van der Waals surface area contributed by atoms with Crippen molar-refractivity contribution >= 4 is 39.2 Å². The zero-order valence-electron chi connectivity index (χ0n) is 11.0. The molecule has 0 radical (unpaired) electrons. The summed E-state index contributed by atoms with van der Waals surface area (Å²) in [6.07, 6.45) is 0. The topological polar surface area (TPSA) is 84.1 Å². The molecule has 7 heteroatoms. The third kappa shape index (κ3) is 2.63. The number of nitrogens with zero attached hydrogens (tertiary/aromatic N) is 1. The van der Waals surface area contributed by atoms with E-state index < -0.39 is 5.97 Å². The number of anilines is 1. The van der Waals surface area contributed by atoms with E-state index in [4.69, 9.17) is 0 Å². The molecular formula is C14H11N3O3S. The molecule has 0 aliphatic rings. The lowest BCUT2D eigenvalue weighted by molar-refractivity contribution is 0.0600. The Balaban J connectivity index is 1.81. The number of carbonyl (C=O) groups is 2. The van der Waals surface area contributed by atoms with Gasteiger partial charge in [-0.1, -0.05) is 6.07 Å². The normalized spacial score (nSPS) is 10.5. The molecule has 0 saturated heterocycles. The minimum absolute atomic E-state index is 0.290. The molecule has 0 aliphatic carbocycles. The summed E-state index contributed by atoms with van der Waals surface area (Å²) in [5, 5.41) is 2.73. The second kappa shape index (κ2) is 5.37. The molecule has 0 fully saturated rings. The molecule has 1 amide bonds. The third-order valence-electron chi connectivity index (χ3n) is 2.91. The van der Waals surface area contributed by atoms with Crippen LogP contribution in [0.4, 0.5) is 5.69 Å². The molecule has 21 heavy (non-hydrogen) atoms. The van der Waals surface area contributed by atoms with E-state index in [0.29, 0.717) is 22.6 Å². The lowest BCUT2D eigenvalue weighted by atomic mass is 10.2. The van der Waals surface area contributed by atoms with Gasteiger partial charge in [-0.3, -0.25) is 4.79 Å². The van der Waals surface area contributed by atoms with Crippen LogP contribution < -0.4 is 5.32 Å². The van der Waals surface area contributed by atoms with Gasteiger partial charge in [0.1, 0.15) is 11.3 Å². The lowest BCUT2D eigenvalue weighted by Gasteiger charge is -2.05. The largest absolute Gasteiger partial charge is 0.465 e. The van der Waals surface area contributed by atoms with Crippen LogP contribution in [0.1, 0.15) is 20.8 Å². The number of esters is 1. The van der Waals surface area contributed by atoms with E-state index in [1.54, 1.807) is 35.8 Å². The van der Waals surface area contributed by atoms with E-state index >= 15 is 0 Å². The van der Waals surface area contributed by atoms with Crippen LogP contribution in [0, 0.1) is 0 Å². The monoisotopic (exact) mass is 301 g/mol. The fraction of sp³-hybridized carbons (Fsp3) is 0.0714. The first-order chi connectivity index (χ1) is 10.2. The Bertz CT molecular complexity index is 793. The SMILES string of the molecule is COC(=O)c1cccc(NC(=O)c2cc3scnc3[nH]2)c1. The maximum Gasteiger partial charge on any atom is 0.337 e. The highest BCUT2D eigenvalue weighted by Gasteiger charge is 2.12. The van der Waals surface area contributed by atoms with Crippen molar-refractivity contribution in [3.8, 4) is 0 Å². The van der Waals surface area contributed by atoms with Crippen molar-refractivity contribution in [2.75, 3.05) is 12.4 Å². The number of aromatic amines is 1. The fourth-order valence-corrected chi connectivity index (χ4v) is 2.58. The van der Waals surface area contributed by atoms with Crippen LogP contribution in [0.3, 0.4) is 0 Å². The van der Waals surface area contributed by atoms with Crippen LogP contribution in [0.25, 0.3) is 10.3 Å². The fourth-order valence-electron chi connectivity index (χ4n) is 1.91. The van der Waals surface area contributed by atoms with Crippen molar-refractivity contribution < 1.29 is 14.3 Å². The quantitative estimate of drug-likeness (QED) is 0.728. The van der Waals surface area contributed by atoms with Crippen LogP contribution in [0.2, 0.25) is 0 Å². The second-order valence-electron chi connectivity index (χ2n) is 4.27. The first kappa shape index (κ1) is 13.3. The predicted molar refractivity (Wildman–Crippen MR) is 79.7 cm³/mol. The van der Waals surface area contributed by atoms with E-state index in [0.717, 1.165) is 4.70 Å². The van der Waals surface area contributed by atoms with E-state index in [9.17, 15) is 9.59 Å². The van der Waals surface area contributed by atoms with Crippen LogP contribution in [0.5, 0.6) is 0 Å². The predicted octanol–water partition coefficient (Wildman–Crippen LogP) is 2.66. The summed E-state index contributed by atoms with van der Waals surface area (Å²) >= 11 is 1.46. The average molecular weight is 301 g/mol. The van der Waals surface area contributed by atoms with Crippen molar-refractivity contribution in [3.05, 3.63) is 47.1 Å². The van der Waals surface area contributed by atoms with E-state index in [1.807, 2.05) is 0 Å². The number of amides is 1. The standard InChI is InChI=1S/C14H11N3O3S/c1-20-14(19)8-3-2-4-9(5-8)16-13(18)10-6-11-12(17-10)15-7-21-11/h2-7,17H,1H3,(H,16,18).